The quantitative estimate of drug-likeness (QED) is 0.603. The molecule has 0 saturated carbocycles. The molecule has 0 unspecified atom stereocenters. The van der Waals surface area contributed by atoms with E-state index in [1.54, 1.807) is 0 Å². The van der Waals surface area contributed by atoms with Crippen molar-refractivity contribution in [3.63, 3.8) is 0 Å². The Hall–Kier alpha value is -2.88. The summed E-state index contributed by atoms with van der Waals surface area (Å²) in [5.41, 5.74) is 2.98. The zero-order chi connectivity index (χ0) is 17.4. The van der Waals surface area contributed by atoms with Crippen LogP contribution in [0.15, 0.2) is 66.7 Å². The fourth-order valence-electron chi connectivity index (χ4n) is 2.45. The molecule has 2 aromatic carbocycles. The molecular formula is C20H20O4. The molecule has 0 atom stereocenters. The number of rotatable bonds is 6. The van der Waals surface area contributed by atoms with Gasteiger partial charge in [-0.1, -0.05) is 66.7 Å². The molecule has 0 fully saturated rings. The minimum atomic E-state index is -0.970. The maximum atomic E-state index is 11.8. The number of hydrogen-bond acceptors (Lipinski definition) is 4. The molecule has 4 heteroatoms. The van der Waals surface area contributed by atoms with Gasteiger partial charge in [0.05, 0.1) is 14.2 Å². The van der Waals surface area contributed by atoms with Crippen LogP contribution in [0.5, 0.6) is 0 Å². The van der Waals surface area contributed by atoms with Gasteiger partial charge in [0, 0.05) is 0 Å². The molecule has 124 valence electrons. The van der Waals surface area contributed by atoms with Gasteiger partial charge in [-0.15, -0.1) is 0 Å². The normalized spacial score (nSPS) is 10.1. The Morgan fingerprint density at radius 1 is 0.833 bits per heavy atom. The van der Waals surface area contributed by atoms with Crippen molar-refractivity contribution in [2.45, 2.75) is 6.42 Å². The third-order valence-corrected chi connectivity index (χ3v) is 3.70. The van der Waals surface area contributed by atoms with Crippen LogP contribution in [0.3, 0.4) is 0 Å². The van der Waals surface area contributed by atoms with Crippen LogP contribution in [0.4, 0.5) is 0 Å². The van der Waals surface area contributed by atoms with E-state index in [1.807, 2.05) is 66.7 Å². The van der Waals surface area contributed by atoms with Crippen LogP contribution in [-0.4, -0.2) is 26.2 Å². The van der Waals surface area contributed by atoms with Crippen molar-refractivity contribution in [3.05, 3.63) is 77.9 Å². The van der Waals surface area contributed by atoms with Crippen LogP contribution in [0.2, 0.25) is 0 Å². The standard InChI is InChI=1S/C20H20O4/c1-23-19(21)18(20(22)24-2)14-13-17(15-9-5-3-6-10-15)16-11-7-4-8-12-16/h3-13,18H,14H2,1-2H3. The second-order valence-electron chi connectivity index (χ2n) is 5.18. The van der Waals surface area contributed by atoms with Gasteiger partial charge in [0.25, 0.3) is 0 Å². The van der Waals surface area contributed by atoms with Gasteiger partial charge in [-0.05, 0) is 23.1 Å². The smallest absolute Gasteiger partial charge is 0.320 e. The van der Waals surface area contributed by atoms with Gasteiger partial charge in [0.2, 0.25) is 0 Å². The number of allylic oxidation sites excluding steroid dienone is 1. The Morgan fingerprint density at radius 3 is 1.62 bits per heavy atom. The first-order valence-corrected chi connectivity index (χ1v) is 7.64. The molecule has 2 rings (SSSR count). The van der Waals surface area contributed by atoms with Crippen LogP contribution in [0, 0.1) is 5.92 Å². The molecule has 0 heterocycles. The lowest BCUT2D eigenvalue weighted by molar-refractivity contribution is -0.158. The van der Waals surface area contributed by atoms with Crippen LogP contribution in [-0.2, 0) is 19.1 Å². The number of methoxy groups -OCH3 is 2. The molecule has 2 aromatic rings. The highest BCUT2D eigenvalue weighted by Gasteiger charge is 2.27. The first-order chi connectivity index (χ1) is 11.7. The maximum absolute atomic E-state index is 11.8. The predicted molar refractivity (Wildman–Crippen MR) is 92.1 cm³/mol. The van der Waals surface area contributed by atoms with Crippen molar-refractivity contribution in [1.82, 2.24) is 0 Å². The second kappa shape index (κ2) is 8.67. The van der Waals surface area contributed by atoms with Crippen molar-refractivity contribution in [3.8, 4) is 0 Å². The molecule has 0 saturated heterocycles. The molecule has 0 N–H and O–H groups in total. The lowest BCUT2D eigenvalue weighted by Crippen LogP contribution is -2.26. The fraction of sp³-hybridized carbons (Fsp3) is 0.200. The van der Waals surface area contributed by atoms with Gasteiger partial charge in [-0.25, -0.2) is 0 Å². The summed E-state index contributed by atoms with van der Waals surface area (Å²) in [5, 5.41) is 0. The van der Waals surface area contributed by atoms with Crippen molar-refractivity contribution in [2.24, 2.45) is 5.92 Å². The molecule has 0 bridgehead atoms. The summed E-state index contributed by atoms with van der Waals surface area (Å²) < 4.78 is 9.42. The first-order valence-electron chi connectivity index (χ1n) is 7.64. The van der Waals surface area contributed by atoms with Gasteiger partial charge in [0.1, 0.15) is 0 Å². The molecule has 0 aliphatic carbocycles. The molecule has 0 radical (unpaired) electrons. The molecule has 0 aliphatic heterocycles. The zero-order valence-electron chi connectivity index (χ0n) is 13.8. The van der Waals surface area contributed by atoms with Crippen LogP contribution in [0.25, 0.3) is 5.57 Å². The number of carbonyl (C=O) groups excluding carboxylic acids is 2. The number of esters is 2. The van der Waals surface area contributed by atoms with Crippen molar-refractivity contribution in [1.29, 1.82) is 0 Å². The summed E-state index contributed by atoms with van der Waals surface area (Å²) in [6.07, 6.45) is 2.08. The summed E-state index contributed by atoms with van der Waals surface area (Å²) in [6, 6.07) is 19.6. The van der Waals surface area contributed by atoms with E-state index in [1.165, 1.54) is 14.2 Å². The number of carbonyl (C=O) groups is 2. The van der Waals surface area contributed by atoms with Crippen molar-refractivity contribution < 1.29 is 19.1 Å². The second-order valence-corrected chi connectivity index (χ2v) is 5.18. The monoisotopic (exact) mass is 324 g/mol. The Balaban J connectivity index is 2.38. The highest BCUT2D eigenvalue weighted by atomic mass is 16.5. The summed E-state index contributed by atoms with van der Waals surface area (Å²) in [6.45, 7) is 0. The topological polar surface area (TPSA) is 52.6 Å². The molecule has 0 spiro atoms. The fourth-order valence-corrected chi connectivity index (χ4v) is 2.45. The zero-order valence-corrected chi connectivity index (χ0v) is 13.8. The molecule has 0 aromatic heterocycles. The number of hydrogen-bond donors (Lipinski definition) is 0. The molecule has 4 nitrogen and oxygen atoms in total. The predicted octanol–water partition coefficient (Wildman–Crippen LogP) is 3.47. The lowest BCUT2D eigenvalue weighted by atomic mass is 9.94. The maximum Gasteiger partial charge on any atom is 0.320 e. The van der Waals surface area contributed by atoms with Crippen molar-refractivity contribution >= 4 is 17.5 Å². The minimum absolute atomic E-state index is 0.207. The Labute approximate surface area is 141 Å². The minimum Gasteiger partial charge on any atom is -0.468 e. The summed E-state index contributed by atoms with van der Waals surface area (Å²) in [7, 11) is 2.52. The highest BCUT2D eigenvalue weighted by Crippen LogP contribution is 2.25. The van der Waals surface area contributed by atoms with E-state index in [-0.39, 0.29) is 6.42 Å². The van der Waals surface area contributed by atoms with E-state index in [0.717, 1.165) is 16.7 Å². The van der Waals surface area contributed by atoms with Crippen molar-refractivity contribution in [2.75, 3.05) is 14.2 Å². The highest BCUT2D eigenvalue weighted by molar-refractivity contribution is 5.95. The van der Waals surface area contributed by atoms with Crippen LogP contribution >= 0.6 is 0 Å². The van der Waals surface area contributed by atoms with Crippen LogP contribution < -0.4 is 0 Å². The Bertz CT molecular complexity index is 647. The largest absolute Gasteiger partial charge is 0.468 e. The lowest BCUT2D eigenvalue weighted by Gasteiger charge is -2.13. The van der Waals surface area contributed by atoms with E-state index in [0.29, 0.717) is 0 Å². The van der Waals surface area contributed by atoms with E-state index in [9.17, 15) is 9.59 Å². The Morgan fingerprint density at radius 2 is 1.25 bits per heavy atom. The van der Waals surface area contributed by atoms with Gasteiger partial charge >= 0.3 is 11.9 Å². The molecular weight excluding hydrogens is 304 g/mol. The SMILES string of the molecule is COC(=O)C(CC=C(c1ccccc1)c1ccccc1)C(=O)OC. The summed E-state index contributed by atoms with van der Waals surface area (Å²) in [5.74, 6) is -2.17. The molecule has 0 aliphatic rings. The van der Waals surface area contributed by atoms with Gasteiger partial charge < -0.3 is 9.47 Å². The van der Waals surface area contributed by atoms with Gasteiger partial charge in [-0.3, -0.25) is 9.59 Å². The molecule has 0 amide bonds. The van der Waals surface area contributed by atoms with E-state index >= 15 is 0 Å². The molecule has 24 heavy (non-hydrogen) atoms. The third kappa shape index (κ3) is 4.32. The number of ether oxygens (including phenoxy) is 2. The number of benzene rings is 2. The average Bonchev–Trinajstić information content (AvgIpc) is 2.65. The van der Waals surface area contributed by atoms with E-state index in [2.05, 4.69) is 0 Å². The first kappa shape index (κ1) is 17.5. The summed E-state index contributed by atoms with van der Waals surface area (Å²) >= 11 is 0. The third-order valence-electron chi connectivity index (χ3n) is 3.70. The van der Waals surface area contributed by atoms with Gasteiger partial charge in [0.15, 0.2) is 5.92 Å². The average molecular weight is 324 g/mol. The van der Waals surface area contributed by atoms with Gasteiger partial charge in [-0.2, -0.15) is 0 Å². The van der Waals surface area contributed by atoms with Crippen LogP contribution in [0.1, 0.15) is 17.5 Å². The summed E-state index contributed by atoms with van der Waals surface area (Å²) in [4.78, 5) is 23.7. The Kier molecular flexibility index (Phi) is 6.32. The van der Waals surface area contributed by atoms with E-state index in [4.69, 9.17) is 9.47 Å². The van der Waals surface area contributed by atoms with E-state index < -0.39 is 17.9 Å².